The zero-order valence-electron chi connectivity index (χ0n) is 11.1. The summed E-state index contributed by atoms with van der Waals surface area (Å²) in [6, 6.07) is 11.8. The maximum absolute atomic E-state index is 12.6. The van der Waals surface area contributed by atoms with E-state index in [-0.39, 0.29) is 11.8 Å². The first kappa shape index (κ1) is 13.5. The van der Waals surface area contributed by atoms with Crippen LogP contribution in [0.15, 0.2) is 36.4 Å². The Balaban J connectivity index is 1.73. The van der Waals surface area contributed by atoms with Crippen molar-refractivity contribution in [1.29, 1.82) is 0 Å². The largest absolute Gasteiger partial charge is 0.384 e. The molecule has 1 aromatic carbocycles. The number of rotatable bonds is 3. The predicted molar refractivity (Wildman–Crippen MR) is 83.5 cm³/mol. The molecule has 1 aromatic heterocycles. The number of para-hydroxylation sites is 1. The van der Waals surface area contributed by atoms with E-state index in [1.807, 2.05) is 43.4 Å². The van der Waals surface area contributed by atoms with E-state index in [0.717, 1.165) is 20.5 Å². The van der Waals surface area contributed by atoms with E-state index >= 15 is 0 Å². The molecule has 104 valence electrons. The lowest BCUT2D eigenvalue weighted by Crippen LogP contribution is -2.31. The predicted octanol–water partition coefficient (Wildman–Crippen LogP) is 3.57. The summed E-state index contributed by atoms with van der Waals surface area (Å²) >= 11 is 7.44. The maximum Gasteiger partial charge on any atom is 0.232 e. The van der Waals surface area contributed by atoms with Crippen LogP contribution in [0.3, 0.4) is 0 Å². The van der Waals surface area contributed by atoms with Gasteiger partial charge in [-0.2, -0.15) is 0 Å². The third-order valence-electron chi connectivity index (χ3n) is 3.53. The fourth-order valence-electron chi connectivity index (χ4n) is 2.52. The topological polar surface area (TPSA) is 32.3 Å². The van der Waals surface area contributed by atoms with Gasteiger partial charge in [-0.3, -0.25) is 4.79 Å². The molecule has 1 atom stereocenters. The Morgan fingerprint density at radius 3 is 2.95 bits per heavy atom. The van der Waals surface area contributed by atoms with Crippen LogP contribution in [-0.4, -0.2) is 24.4 Å². The highest BCUT2D eigenvalue weighted by Crippen LogP contribution is 2.32. The molecule has 1 aliphatic heterocycles. The molecule has 2 aromatic rings. The van der Waals surface area contributed by atoms with Gasteiger partial charge in [-0.1, -0.05) is 29.8 Å². The van der Waals surface area contributed by atoms with Gasteiger partial charge in [0.2, 0.25) is 5.91 Å². The fraction of sp³-hybridized carbons (Fsp3) is 0.267. The lowest BCUT2D eigenvalue weighted by molar-refractivity contribution is -0.131. The molecule has 1 unspecified atom stereocenters. The number of halogens is 1. The molecular formula is C15H15ClN2OS. The van der Waals surface area contributed by atoms with Crippen LogP contribution in [0, 0.1) is 0 Å². The van der Waals surface area contributed by atoms with E-state index in [2.05, 4.69) is 5.32 Å². The molecule has 0 radical (unpaired) electrons. The summed E-state index contributed by atoms with van der Waals surface area (Å²) in [5.74, 6) is 0.0543. The number of fused-ring (bicyclic) bond motifs is 1. The van der Waals surface area contributed by atoms with Crippen molar-refractivity contribution in [3.8, 4) is 0 Å². The summed E-state index contributed by atoms with van der Waals surface area (Å²) in [5.41, 5.74) is 2.16. The molecule has 1 N–H and O–H groups in total. The number of nitrogens with one attached hydrogen (secondary N) is 1. The van der Waals surface area contributed by atoms with Crippen LogP contribution in [0.4, 0.5) is 5.69 Å². The molecule has 3 rings (SSSR count). The van der Waals surface area contributed by atoms with Crippen molar-refractivity contribution in [3.63, 3.8) is 0 Å². The molecule has 0 aliphatic carbocycles. The molecule has 0 fully saturated rings. The van der Waals surface area contributed by atoms with Crippen LogP contribution in [0.2, 0.25) is 4.34 Å². The highest BCUT2D eigenvalue weighted by Gasteiger charge is 2.30. The number of thiophene rings is 1. The van der Waals surface area contributed by atoms with Gasteiger partial charge in [0.25, 0.3) is 0 Å². The number of hydrogen-bond donors (Lipinski definition) is 1. The molecule has 2 heterocycles. The van der Waals surface area contributed by atoms with Gasteiger partial charge in [0.1, 0.15) is 0 Å². The summed E-state index contributed by atoms with van der Waals surface area (Å²) in [4.78, 5) is 15.5. The second kappa shape index (κ2) is 5.46. The van der Waals surface area contributed by atoms with E-state index in [1.165, 1.54) is 11.3 Å². The van der Waals surface area contributed by atoms with Gasteiger partial charge in [0, 0.05) is 24.2 Å². The smallest absolute Gasteiger partial charge is 0.232 e. The fourth-order valence-corrected chi connectivity index (χ4v) is 3.66. The van der Waals surface area contributed by atoms with Gasteiger partial charge in [0.15, 0.2) is 0 Å². The third-order valence-corrected chi connectivity index (χ3v) is 4.74. The Bertz CT molecular complexity index is 640. The third kappa shape index (κ3) is 2.53. The Hall–Kier alpha value is -1.52. The van der Waals surface area contributed by atoms with Crippen molar-refractivity contribution in [2.75, 3.05) is 18.9 Å². The number of carbonyl (C=O) groups excluding carboxylic acids is 1. The summed E-state index contributed by atoms with van der Waals surface area (Å²) in [5, 5.41) is 3.29. The summed E-state index contributed by atoms with van der Waals surface area (Å²) < 4.78 is 0.758. The summed E-state index contributed by atoms with van der Waals surface area (Å²) in [6.07, 6.45) is 0. The first-order chi connectivity index (χ1) is 9.65. The standard InChI is InChI=1S/C15H15ClN2OS/c1-18(9-10-6-7-14(16)20-10)15(19)12-8-17-13-5-3-2-4-11(12)13/h2-7,12,17H,8-9H2,1H3. The molecule has 0 spiro atoms. The average Bonchev–Trinajstić information content (AvgIpc) is 3.04. The lowest BCUT2D eigenvalue weighted by atomic mass is 10.00. The van der Waals surface area contributed by atoms with E-state index in [1.54, 1.807) is 4.90 Å². The average molecular weight is 307 g/mol. The number of likely N-dealkylation sites (N-methyl/N-ethyl adjacent to an activating group) is 1. The van der Waals surface area contributed by atoms with Crippen LogP contribution < -0.4 is 5.32 Å². The van der Waals surface area contributed by atoms with Crippen LogP contribution in [-0.2, 0) is 11.3 Å². The number of nitrogens with zero attached hydrogens (tertiary/aromatic N) is 1. The van der Waals surface area contributed by atoms with Gasteiger partial charge in [-0.15, -0.1) is 11.3 Å². The van der Waals surface area contributed by atoms with Gasteiger partial charge >= 0.3 is 0 Å². The minimum atomic E-state index is -0.0911. The van der Waals surface area contributed by atoms with Crippen LogP contribution >= 0.6 is 22.9 Å². The van der Waals surface area contributed by atoms with Crippen molar-refractivity contribution >= 4 is 34.5 Å². The van der Waals surface area contributed by atoms with E-state index in [4.69, 9.17) is 11.6 Å². The van der Waals surface area contributed by atoms with E-state index in [0.29, 0.717) is 13.1 Å². The van der Waals surface area contributed by atoms with Gasteiger partial charge in [0.05, 0.1) is 16.8 Å². The molecule has 0 saturated heterocycles. The number of carbonyl (C=O) groups is 1. The van der Waals surface area contributed by atoms with Crippen LogP contribution in [0.25, 0.3) is 0 Å². The highest BCUT2D eigenvalue weighted by atomic mass is 35.5. The SMILES string of the molecule is CN(Cc1ccc(Cl)s1)C(=O)C1CNc2ccccc21. The quantitative estimate of drug-likeness (QED) is 0.940. The molecule has 5 heteroatoms. The monoisotopic (exact) mass is 306 g/mol. The Labute approximate surface area is 127 Å². The maximum atomic E-state index is 12.6. The first-order valence-electron chi connectivity index (χ1n) is 6.47. The van der Waals surface area contributed by atoms with E-state index in [9.17, 15) is 4.79 Å². The second-order valence-corrected chi connectivity index (χ2v) is 6.72. The number of amides is 1. The zero-order chi connectivity index (χ0) is 14.1. The van der Waals surface area contributed by atoms with Crippen molar-refractivity contribution < 1.29 is 4.79 Å². The van der Waals surface area contributed by atoms with Crippen molar-refractivity contribution in [2.45, 2.75) is 12.5 Å². The first-order valence-corrected chi connectivity index (χ1v) is 7.66. The van der Waals surface area contributed by atoms with Gasteiger partial charge in [-0.05, 0) is 23.8 Å². The van der Waals surface area contributed by atoms with Gasteiger partial charge < -0.3 is 10.2 Å². The Morgan fingerprint density at radius 2 is 2.20 bits per heavy atom. The minimum Gasteiger partial charge on any atom is -0.384 e. The summed E-state index contributed by atoms with van der Waals surface area (Å²) in [7, 11) is 1.84. The van der Waals surface area contributed by atoms with Crippen molar-refractivity contribution in [2.24, 2.45) is 0 Å². The lowest BCUT2D eigenvalue weighted by Gasteiger charge is -2.20. The summed E-state index contributed by atoms with van der Waals surface area (Å²) in [6.45, 7) is 1.28. The molecule has 20 heavy (non-hydrogen) atoms. The second-order valence-electron chi connectivity index (χ2n) is 4.92. The van der Waals surface area contributed by atoms with Crippen molar-refractivity contribution in [1.82, 2.24) is 4.90 Å². The Kier molecular flexibility index (Phi) is 3.68. The number of hydrogen-bond acceptors (Lipinski definition) is 3. The van der Waals surface area contributed by atoms with Crippen LogP contribution in [0.1, 0.15) is 16.4 Å². The van der Waals surface area contributed by atoms with Gasteiger partial charge in [-0.25, -0.2) is 0 Å². The Morgan fingerprint density at radius 1 is 1.40 bits per heavy atom. The van der Waals surface area contributed by atoms with Crippen LogP contribution in [0.5, 0.6) is 0 Å². The van der Waals surface area contributed by atoms with Crippen molar-refractivity contribution in [3.05, 3.63) is 51.2 Å². The zero-order valence-corrected chi connectivity index (χ0v) is 12.7. The highest BCUT2D eigenvalue weighted by molar-refractivity contribution is 7.16. The number of anilines is 1. The normalized spacial score (nSPS) is 16.6. The molecule has 3 nitrogen and oxygen atoms in total. The molecule has 0 saturated carbocycles. The molecule has 1 amide bonds. The van der Waals surface area contributed by atoms with E-state index < -0.39 is 0 Å². The number of benzene rings is 1. The molecular weight excluding hydrogens is 292 g/mol. The molecule has 1 aliphatic rings. The minimum absolute atomic E-state index is 0.0911. The molecule has 0 bridgehead atoms.